The lowest BCUT2D eigenvalue weighted by Crippen LogP contribution is -2.34. The lowest BCUT2D eigenvalue weighted by Gasteiger charge is -2.26. The monoisotopic (exact) mass is 822 g/mol. The van der Waals surface area contributed by atoms with Gasteiger partial charge in [-0.05, 0) is 94.4 Å². The molecule has 4 aliphatic rings. The van der Waals surface area contributed by atoms with Gasteiger partial charge in [0.05, 0.1) is 34.1 Å². The quantitative estimate of drug-likeness (QED) is 0.0949. The summed E-state index contributed by atoms with van der Waals surface area (Å²) in [6.45, 7) is 2.43. The Balaban J connectivity index is 1.29. The largest absolute Gasteiger partial charge is 0.493 e. The summed E-state index contributed by atoms with van der Waals surface area (Å²) in [7, 11) is 5.95. The van der Waals surface area contributed by atoms with Crippen LogP contribution < -0.4 is 54.7 Å². The molecule has 6 heterocycles. The zero-order chi connectivity index (χ0) is 41.7. The van der Waals surface area contributed by atoms with Crippen LogP contribution in [0.5, 0.6) is 40.2 Å². The van der Waals surface area contributed by atoms with E-state index < -0.39 is 41.7 Å². The third-order valence-electron chi connectivity index (χ3n) is 11.9. The molecule has 0 aliphatic carbocycles. The predicted octanol–water partition coefficient (Wildman–Crippen LogP) is 4.64. The van der Waals surface area contributed by atoms with Gasteiger partial charge in [0.2, 0.25) is 5.75 Å². The number of aryl methyl sites for hydroxylation is 1. The molecule has 3 aromatic carbocycles. The highest BCUT2D eigenvalue weighted by Gasteiger charge is 2.36. The van der Waals surface area contributed by atoms with E-state index in [0.717, 1.165) is 25.8 Å². The minimum absolute atomic E-state index is 0.103. The molecule has 314 valence electrons. The van der Waals surface area contributed by atoms with E-state index in [1.807, 2.05) is 10.6 Å². The molecule has 3 saturated heterocycles. The Hall–Kier alpha value is -6.10. The maximum atomic E-state index is 14.4. The molecule has 3 N–H and O–H groups in total. The van der Waals surface area contributed by atoms with Gasteiger partial charge in [-0.3, -0.25) is 0 Å². The molecule has 0 unspecified atom stereocenters. The molecule has 3 fully saturated rings. The van der Waals surface area contributed by atoms with Gasteiger partial charge >= 0.3 is 23.5 Å². The van der Waals surface area contributed by atoms with Crippen molar-refractivity contribution in [3.05, 3.63) is 52.4 Å². The van der Waals surface area contributed by atoms with Crippen LogP contribution in [0.3, 0.4) is 0 Å². The van der Waals surface area contributed by atoms with Gasteiger partial charge in [-0.25, -0.2) is 19.2 Å². The van der Waals surface area contributed by atoms with Crippen LogP contribution in [0.2, 0.25) is 0 Å². The van der Waals surface area contributed by atoms with Crippen LogP contribution in [0.25, 0.3) is 44.3 Å². The van der Waals surface area contributed by atoms with Crippen LogP contribution in [-0.2, 0) is 27.3 Å². The van der Waals surface area contributed by atoms with Gasteiger partial charge in [-0.1, -0.05) is 6.07 Å². The van der Waals surface area contributed by atoms with Crippen molar-refractivity contribution in [1.82, 2.24) is 20.5 Å². The molecule has 3 atom stereocenters. The van der Waals surface area contributed by atoms with Crippen LogP contribution >= 0.6 is 0 Å². The molecule has 2 aromatic heterocycles. The number of ether oxygens (including phenoxy) is 7. The number of carbonyl (C=O) groups excluding carboxylic acids is 3. The van der Waals surface area contributed by atoms with Crippen molar-refractivity contribution < 1.29 is 52.0 Å². The average Bonchev–Trinajstić information content (AvgIpc) is 4.11. The first kappa shape index (κ1) is 39.4. The molecule has 16 nitrogen and oxygen atoms in total. The summed E-state index contributed by atoms with van der Waals surface area (Å²) in [6, 6.07) is 8.86. The number of fused-ring (bicyclic) bond motifs is 7. The molecule has 60 heavy (non-hydrogen) atoms. The maximum Gasteiger partial charge on any atom is 0.361 e. The molecule has 0 bridgehead atoms. The van der Waals surface area contributed by atoms with E-state index in [4.69, 9.17) is 37.6 Å². The zero-order valence-electron chi connectivity index (χ0n) is 33.8. The van der Waals surface area contributed by atoms with Gasteiger partial charge in [0, 0.05) is 40.1 Å². The van der Waals surface area contributed by atoms with Gasteiger partial charge in [0.1, 0.15) is 29.2 Å². The highest BCUT2D eigenvalue weighted by Crippen LogP contribution is 2.53. The second kappa shape index (κ2) is 16.2. The smallest absolute Gasteiger partial charge is 0.361 e. The lowest BCUT2D eigenvalue weighted by molar-refractivity contribution is -0.137. The first-order valence-corrected chi connectivity index (χ1v) is 20.3. The molecule has 0 spiro atoms. The Labute approximate surface area is 344 Å². The summed E-state index contributed by atoms with van der Waals surface area (Å²) >= 11 is 0. The van der Waals surface area contributed by atoms with Crippen molar-refractivity contribution in [3.8, 4) is 62.6 Å². The van der Waals surface area contributed by atoms with Crippen LogP contribution in [0, 0.1) is 0 Å². The highest BCUT2D eigenvalue weighted by atomic mass is 16.6. The van der Waals surface area contributed by atoms with E-state index in [0.29, 0.717) is 89.8 Å². The fourth-order valence-electron chi connectivity index (χ4n) is 8.97. The van der Waals surface area contributed by atoms with Crippen molar-refractivity contribution in [2.45, 2.75) is 69.6 Å². The lowest BCUT2D eigenvalue weighted by atomic mass is 9.91. The van der Waals surface area contributed by atoms with Crippen molar-refractivity contribution in [2.24, 2.45) is 0 Å². The topological polar surface area (TPSA) is 187 Å². The maximum absolute atomic E-state index is 14.4. The molecule has 0 amide bonds. The number of esters is 3. The number of methoxy groups -OCH3 is 4. The van der Waals surface area contributed by atoms with Gasteiger partial charge in [-0.2, -0.15) is 0 Å². The van der Waals surface area contributed by atoms with Gasteiger partial charge in [0.25, 0.3) is 0 Å². The first-order chi connectivity index (χ1) is 29.2. The summed E-state index contributed by atoms with van der Waals surface area (Å²) in [4.78, 5) is 54.2. The van der Waals surface area contributed by atoms with E-state index in [1.165, 1.54) is 34.5 Å². The summed E-state index contributed by atoms with van der Waals surface area (Å²) < 4.78 is 49.2. The SMILES string of the molecule is COc1cc(-c2c3n(c4c(=O)oc5cc(OC(=O)[C@@H]6CCCN6)c(OC)cc5c24)CCc2c-3cc(OC)c(OC)c2OC(=O)[C@@H]2CCCN2)ccc1OC(=O)[C@@H]1CCCN1. The average molecular weight is 823 g/mol. The van der Waals surface area contributed by atoms with E-state index in [2.05, 4.69) is 16.0 Å². The number of carbonyl (C=O) groups is 3. The molecule has 0 saturated carbocycles. The second-order valence-electron chi connectivity index (χ2n) is 15.3. The molecular weight excluding hydrogens is 776 g/mol. The van der Waals surface area contributed by atoms with Crippen molar-refractivity contribution >= 4 is 39.8 Å². The summed E-state index contributed by atoms with van der Waals surface area (Å²) in [6.07, 6.45) is 4.86. The third-order valence-corrected chi connectivity index (χ3v) is 11.9. The van der Waals surface area contributed by atoms with Crippen molar-refractivity contribution in [2.75, 3.05) is 48.1 Å². The summed E-state index contributed by atoms with van der Waals surface area (Å²) in [5.74, 6) is 0.365. The molecule has 0 radical (unpaired) electrons. The van der Waals surface area contributed by atoms with Crippen LogP contribution in [-0.4, -0.2) is 88.7 Å². The third kappa shape index (κ3) is 6.77. The molecule has 16 heteroatoms. The molecular formula is C44H46N4O12. The summed E-state index contributed by atoms with van der Waals surface area (Å²) in [5, 5.41) is 10.5. The van der Waals surface area contributed by atoms with Crippen molar-refractivity contribution in [1.29, 1.82) is 0 Å². The fourth-order valence-corrected chi connectivity index (χ4v) is 8.97. The molecule has 9 rings (SSSR count). The number of rotatable bonds is 11. The van der Waals surface area contributed by atoms with E-state index in [-0.39, 0.29) is 45.6 Å². The molecule has 5 aromatic rings. The normalized spacial score (nSPS) is 19.5. The van der Waals surface area contributed by atoms with Gasteiger partial charge in [-0.15, -0.1) is 0 Å². The van der Waals surface area contributed by atoms with Crippen molar-refractivity contribution in [3.63, 3.8) is 0 Å². The van der Waals surface area contributed by atoms with E-state index >= 15 is 0 Å². The van der Waals surface area contributed by atoms with Crippen LogP contribution in [0.1, 0.15) is 44.1 Å². The minimum atomic E-state index is -0.630. The number of nitrogens with zero attached hydrogens (tertiary/aromatic N) is 1. The number of benzene rings is 3. The van der Waals surface area contributed by atoms with Gasteiger partial charge in [0.15, 0.2) is 34.5 Å². The first-order valence-electron chi connectivity index (χ1n) is 20.3. The Morgan fingerprint density at radius 3 is 1.85 bits per heavy atom. The Morgan fingerprint density at radius 1 is 0.667 bits per heavy atom. The second-order valence-corrected chi connectivity index (χ2v) is 15.3. The number of hydrogen-bond donors (Lipinski definition) is 3. The van der Waals surface area contributed by atoms with Crippen LogP contribution in [0.4, 0.5) is 0 Å². The minimum Gasteiger partial charge on any atom is -0.493 e. The molecule has 4 aliphatic heterocycles. The van der Waals surface area contributed by atoms with E-state index in [1.54, 1.807) is 24.3 Å². The highest BCUT2D eigenvalue weighted by molar-refractivity contribution is 6.17. The van der Waals surface area contributed by atoms with E-state index in [9.17, 15) is 19.2 Å². The number of hydrogen-bond acceptors (Lipinski definition) is 15. The van der Waals surface area contributed by atoms with Crippen LogP contribution in [0.15, 0.2) is 45.6 Å². The Morgan fingerprint density at radius 2 is 1.27 bits per heavy atom. The number of aromatic nitrogens is 1. The standard InChI is InChI=1S/C44H46N4O12/c1-53-31-18-22(11-12-29(31)57-41(49)26-8-5-14-45-26)35-36-25-20-32(54-2)33(59-42(50)27-9-6-15-46-27)21-30(25)58-44(52)38(36)48-17-13-23-24(37(35)48)19-34(55-3)40(56-4)39(23)60-43(51)28-10-7-16-47-28/h11-12,18-21,26-28,45-47H,5-10,13-17H2,1-4H3/t26-,27-,28-/m0/s1. The predicted molar refractivity (Wildman–Crippen MR) is 219 cm³/mol. The Bertz CT molecular complexity index is 2600. The summed E-state index contributed by atoms with van der Waals surface area (Å²) in [5.41, 5.74) is 2.91. The zero-order valence-corrected chi connectivity index (χ0v) is 33.8. The Kier molecular flexibility index (Phi) is 10.6. The van der Waals surface area contributed by atoms with Gasteiger partial charge < -0.3 is 58.1 Å². The number of nitrogens with one attached hydrogen (secondary N) is 3. The fraction of sp³-hybridized carbons (Fsp3) is 0.409.